The van der Waals surface area contributed by atoms with E-state index < -0.39 is 63.3 Å². The number of carbonyl (C=O) groups is 5. The largest absolute Gasteiger partial charge is 0.443 e. The zero-order chi connectivity index (χ0) is 78.7. The number of aliphatic hydroxyl groups is 1. The minimum atomic E-state index is -4.19. The number of β-amino-alcohol motifs (C(OH)–C–C–N with tert-alkyl or cyclic N) is 1. The molecule has 111 heavy (non-hydrogen) atoms. The topological polar surface area (TPSA) is 288 Å². The number of hydrogen-bond donors (Lipinski definition) is 5. The average Bonchev–Trinajstić information content (AvgIpc) is 1.12. The molecule has 13 rings (SSSR count). The summed E-state index contributed by atoms with van der Waals surface area (Å²) in [5.74, 6) is -0.522. The van der Waals surface area contributed by atoms with E-state index in [2.05, 4.69) is 83.6 Å². The molecule has 5 N–H and O–H groups in total. The zero-order valence-corrected chi connectivity index (χ0v) is 67.9. The Labute approximate surface area is 659 Å². The van der Waals surface area contributed by atoms with E-state index in [4.69, 9.17) is 18.6 Å². The van der Waals surface area contributed by atoms with Crippen LogP contribution >= 0.6 is 11.8 Å². The van der Waals surface area contributed by atoms with E-state index in [1.165, 1.54) is 56.2 Å². The van der Waals surface area contributed by atoms with Crippen LogP contribution in [0.5, 0.6) is 0 Å². The number of piperazine rings is 2. The van der Waals surface area contributed by atoms with Crippen molar-refractivity contribution in [2.24, 2.45) is 21.7 Å². The molecule has 5 atom stereocenters. The van der Waals surface area contributed by atoms with Crippen LogP contribution in [-0.2, 0) is 56.6 Å². The molecule has 0 unspecified atom stereocenters. The Bertz CT molecular complexity index is 4300. The molecule has 0 radical (unpaired) electrons. The summed E-state index contributed by atoms with van der Waals surface area (Å²) in [7, 11) is -4.19. The van der Waals surface area contributed by atoms with Crippen LogP contribution in [0.15, 0.2) is 135 Å². The SMILES string of the molecule is CCC12CC(C3=C(CN4CCN(c5ccc(C(=O)NS(=O)(=O)c6ccc(N[C@H](CCN7CCN(C(=O)CCCn8cc(COCCOCCOCC(=O)N[C@H](C(=O)N9C[C@H](O)C[C@H]9C(=O)N[C@@H](C)c9ccc(-c%10ocnc%10C)cc9)C(C)(C)C)nn8)CC7)CSc7ccccc7)c(C)c6)cc5)CC4)CCC(C)(C)C3)(C1)C2. The second-order valence-corrected chi connectivity index (χ2v) is 36.2. The first kappa shape index (κ1) is 82.4. The van der Waals surface area contributed by atoms with Crippen LogP contribution in [0.4, 0.5) is 11.4 Å². The molecule has 0 spiro atoms. The van der Waals surface area contributed by atoms with Crippen molar-refractivity contribution in [2.45, 2.75) is 186 Å². The number of nitrogens with one attached hydrogen (secondary N) is 4. The number of amides is 5. The first-order valence-corrected chi connectivity index (χ1v) is 42.2. The van der Waals surface area contributed by atoms with Gasteiger partial charge in [-0.3, -0.25) is 38.5 Å². The summed E-state index contributed by atoms with van der Waals surface area (Å²) < 4.78 is 54.2. The Morgan fingerprint density at radius 1 is 0.820 bits per heavy atom. The number of aliphatic hydroxyl groups excluding tert-OH is 1. The van der Waals surface area contributed by atoms with Gasteiger partial charge in [-0.2, -0.15) is 0 Å². The quantitative estimate of drug-likeness (QED) is 0.0139. The molecule has 4 aromatic carbocycles. The number of ether oxygens (including phenoxy) is 3. The zero-order valence-electron chi connectivity index (χ0n) is 66.3. The Morgan fingerprint density at radius 2 is 1.52 bits per heavy atom. The van der Waals surface area contributed by atoms with Crippen LogP contribution in [0.3, 0.4) is 0 Å². The normalized spacial score (nSPS) is 21.6. The van der Waals surface area contributed by atoms with Gasteiger partial charge in [0.05, 0.1) is 62.0 Å². The van der Waals surface area contributed by atoms with Crippen LogP contribution < -0.4 is 25.6 Å². The Kier molecular flexibility index (Phi) is 27.0. The molecule has 5 amide bonds. The minimum absolute atomic E-state index is 0.0153. The first-order chi connectivity index (χ1) is 53.1. The minimum Gasteiger partial charge on any atom is -0.443 e. The number of allylic oxidation sites excluding steroid dienone is 1. The van der Waals surface area contributed by atoms with Crippen molar-refractivity contribution < 1.29 is 56.1 Å². The molecular formula is C84H115N13O12S2. The lowest BCUT2D eigenvalue weighted by Gasteiger charge is -2.73. The number of sulfonamides is 1. The fraction of sp³-hybridized carbons (Fsp3) is 0.571. The maximum atomic E-state index is 14.1. The monoisotopic (exact) mass is 1560 g/mol. The van der Waals surface area contributed by atoms with Gasteiger partial charge in [0.15, 0.2) is 12.2 Å². The number of anilines is 2. The molecule has 600 valence electrons. The maximum Gasteiger partial charge on any atom is 0.264 e. The molecule has 7 aliphatic rings. The first-order valence-electron chi connectivity index (χ1n) is 39.8. The van der Waals surface area contributed by atoms with E-state index >= 15 is 0 Å². The third kappa shape index (κ3) is 21.3. The molecule has 5 heterocycles. The number of aryl methyl sites for hydroxylation is 3. The van der Waals surface area contributed by atoms with Gasteiger partial charge in [-0.25, -0.2) is 18.1 Å². The number of hydrogen-bond acceptors (Lipinski definition) is 20. The van der Waals surface area contributed by atoms with Crippen molar-refractivity contribution in [1.82, 2.24) is 54.9 Å². The van der Waals surface area contributed by atoms with E-state index in [1.807, 2.05) is 113 Å². The molecule has 27 heteroatoms. The number of thioether (sulfide) groups is 1. The van der Waals surface area contributed by atoms with Crippen LogP contribution in [0.2, 0.25) is 0 Å². The van der Waals surface area contributed by atoms with Crippen molar-refractivity contribution in [1.29, 1.82) is 0 Å². The Hall–Kier alpha value is -8.02. The van der Waals surface area contributed by atoms with E-state index in [0.29, 0.717) is 60.2 Å². The summed E-state index contributed by atoms with van der Waals surface area (Å²) in [6.07, 6.45) is 13.4. The van der Waals surface area contributed by atoms with Gasteiger partial charge < -0.3 is 54.4 Å². The van der Waals surface area contributed by atoms with Crippen LogP contribution in [0.1, 0.15) is 158 Å². The van der Waals surface area contributed by atoms with Gasteiger partial charge in [0.1, 0.15) is 24.4 Å². The maximum absolute atomic E-state index is 14.1. The number of oxazole rings is 1. The third-order valence-corrected chi connectivity index (χ3v) is 26.0. The highest BCUT2D eigenvalue weighted by atomic mass is 32.2. The van der Waals surface area contributed by atoms with Gasteiger partial charge >= 0.3 is 0 Å². The highest BCUT2D eigenvalue weighted by molar-refractivity contribution is 7.99. The summed E-state index contributed by atoms with van der Waals surface area (Å²) in [5.41, 5.74) is 10.3. The third-order valence-electron chi connectivity index (χ3n) is 23.5. The lowest BCUT2D eigenvalue weighted by molar-refractivity contribution is -0.182. The molecule has 2 aromatic heterocycles. The number of rotatable bonds is 36. The molecule has 3 saturated heterocycles. The van der Waals surface area contributed by atoms with Gasteiger partial charge in [-0.15, -0.1) is 16.9 Å². The summed E-state index contributed by atoms with van der Waals surface area (Å²) >= 11 is 1.76. The lowest BCUT2D eigenvalue weighted by Crippen LogP contribution is -2.63. The van der Waals surface area contributed by atoms with Gasteiger partial charge in [0.25, 0.3) is 15.9 Å². The van der Waals surface area contributed by atoms with E-state index in [-0.39, 0.29) is 75.0 Å². The summed E-state index contributed by atoms with van der Waals surface area (Å²) in [6, 6.07) is 27.8. The molecular weight excluding hydrogens is 1450 g/mol. The fourth-order valence-electron chi connectivity index (χ4n) is 16.9. The molecule has 25 nitrogen and oxygen atoms in total. The molecule has 6 fully saturated rings. The smallest absolute Gasteiger partial charge is 0.264 e. The highest BCUT2D eigenvalue weighted by Crippen LogP contribution is 2.79. The van der Waals surface area contributed by atoms with Crippen LogP contribution in [-0.4, -0.2) is 218 Å². The van der Waals surface area contributed by atoms with Gasteiger partial charge in [0, 0.05) is 131 Å². The fourth-order valence-corrected chi connectivity index (χ4v) is 18.9. The summed E-state index contributed by atoms with van der Waals surface area (Å²) in [6.45, 7) is 28.0. The van der Waals surface area contributed by atoms with Crippen molar-refractivity contribution >= 4 is 62.7 Å². The van der Waals surface area contributed by atoms with Crippen LogP contribution in [0.25, 0.3) is 11.3 Å². The van der Waals surface area contributed by atoms with Crippen LogP contribution in [0, 0.1) is 35.5 Å². The van der Waals surface area contributed by atoms with Crippen molar-refractivity contribution in [3.63, 3.8) is 0 Å². The summed E-state index contributed by atoms with van der Waals surface area (Å²) in [4.78, 5) is 84.1. The molecule has 2 bridgehead atoms. The van der Waals surface area contributed by atoms with Gasteiger partial charge in [0.2, 0.25) is 23.6 Å². The van der Waals surface area contributed by atoms with Gasteiger partial charge in [-0.05, 0) is 160 Å². The second-order valence-electron chi connectivity index (χ2n) is 33.5. The van der Waals surface area contributed by atoms with E-state index in [9.17, 15) is 37.5 Å². The van der Waals surface area contributed by atoms with Crippen molar-refractivity contribution in [3.05, 3.63) is 149 Å². The molecule has 3 aliphatic heterocycles. The predicted octanol–water partition coefficient (Wildman–Crippen LogP) is 10.4. The van der Waals surface area contributed by atoms with Gasteiger partial charge in [-0.1, -0.05) is 107 Å². The highest BCUT2D eigenvalue weighted by Gasteiger charge is 2.68. The number of likely N-dealkylation sites (tertiary alicyclic amines) is 1. The average molecular weight is 1560 g/mol. The second kappa shape index (κ2) is 36.4. The number of aromatic nitrogens is 4. The number of nitrogens with zero attached hydrogens (tertiary/aromatic N) is 9. The Balaban J connectivity index is 0.512. The molecule has 4 aliphatic carbocycles. The van der Waals surface area contributed by atoms with E-state index in [0.717, 1.165) is 103 Å². The summed E-state index contributed by atoms with van der Waals surface area (Å²) in [5, 5.41) is 28.7. The molecule has 3 saturated carbocycles. The number of benzene rings is 4. The van der Waals surface area contributed by atoms with Crippen molar-refractivity contribution in [2.75, 3.05) is 121 Å². The Morgan fingerprint density at radius 3 is 2.21 bits per heavy atom. The standard InChI is InChI=1S/C84H115N13O12S2/c1-10-83-54-84(55-83,56-83)71-47-82(8,9)30-28-64(71)48-93-35-37-94(38-36-93)67-24-22-63(23-25-67)78(101)90-111(104,105)70-26-27-72(58(2)45-70)87-65(53-110-69-15-12-11-13-16-69)29-32-92-33-39-95(40-34-92)75(100)17-14-31-96-49-66(89-91-96)51-107-43-41-106-42-44-108-52-74(99)88-77(81(5,6)7)80(103)97-50-68(98)46-73(97)79(102)86-59(3)61-18-20-62(21-19-61)76-60(4)85-57-109-76/h11-13,15-16,18-27,45,49,57,59,65,68,73,77,87,98H,10,14,17,28-44,46-48,50-56H2,1-9H3,(H,86,102)(H,88,99)(H,90,101)/t59-,65+,68+,73-,77+,83?,84?/m0/s1. The van der Waals surface area contributed by atoms with E-state index in [1.54, 1.807) is 52.3 Å². The number of carbonyl (C=O) groups excluding carboxylic acids is 5. The van der Waals surface area contributed by atoms with Crippen molar-refractivity contribution in [3.8, 4) is 11.3 Å². The molecule has 6 aromatic rings. The predicted molar refractivity (Wildman–Crippen MR) is 428 cm³/mol. The lowest BCUT2D eigenvalue weighted by atomic mass is 9.31.